The van der Waals surface area contributed by atoms with Gasteiger partial charge in [0.05, 0.1) is 5.69 Å². The van der Waals surface area contributed by atoms with Crippen molar-refractivity contribution in [1.82, 2.24) is 5.32 Å². The lowest BCUT2D eigenvalue weighted by Crippen LogP contribution is -2.38. The summed E-state index contributed by atoms with van der Waals surface area (Å²) in [5.41, 5.74) is 10.7. The molecule has 0 radical (unpaired) electrons. The van der Waals surface area contributed by atoms with Crippen molar-refractivity contribution in [2.75, 3.05) is 18.9 Å². The lowest BCUT2D eigenvalue weighted by atomic mass is 10.3. The Balaban J connectivity index is 2.31. The van der Waals surface area contributed by atoms with Crippen LogP contribution in [0.4, 0.5) is 10.5 Å². The summed E-state index contributed by atoms with van der Waals surface area (Å²) in [7, 11) is 0. The average molecular weight is 267 g/mol. The van der Waals surface area contributed by atoms with Gasteiger partial charge in [-0.1, -0.05) is 12.1 Å². The third-order valence-electron chi connectivity index (χ3n) is 1.89. The van der Waals surface area contributed by atoms with E-state index >= 15 is 0 Å². The number of anilines is 1. The van der Waals surface area contributed by atoms with E-state index in [0.717, 1.165) is 0 Å². The summed E-state index contributed by atoms with van der Waals surface area (Å²) in [4.78, 5) is 32.5. The molecular formula is C11H13N3O5. The highest BCUT2D eigenvalue weighted by atomic mass is 16.6. The number of para-hydroxylation sites is 2. The first-order chi connectivity index (χ1) is 8.99. The largest absolute Gasteiger partial charge is 0.480 e. The summed E-state index contributed by atoms with van der Waals surface area (Å²) < 4.78 is 9.63. The molecule has 0 aromatic heterocycles. The molecule has 8 heteroatoms. The van der Waals surface area contributed by atoms with E-state index in [-0.39, 0.29) is 0 Å². The number of hydrogen-bond acceptors (Lipinski definition) is 6. The first-order valence-electron chi connectivity index (χ1n) is 5.21. The van der Waals surface area contributed by atoms with E-state index in [1.807, 2.05) is 0 Å². The van der Waals surface area contributed by atoms with Crippen LogP contribution >= 0.6 is 0 Å². The Morgan fingerprint density at radius 1 is 1.16 bits per heavy atom. The van der Waals surface area contributed by atoms with Crippen LogP contribution in [0.5, 0.6) is 5.75 Å². The molecule has 5 N–H and O–H groups in total. The monoisotopic (exact) mass is 267 g/mol. The first kappa shape index (κ1) is 14.3. The number of urea groups is 1. The number of carbonyl (C=O) groups is 3. The predicted molar refractivity (Wildman–Crippen MR) is 65.0 cm³/mol. The molecule has 1 aromatic carbocycles. The van der Waals surface area contributed by atoms with E-state index in [1.165, 1.54) is 0 Å². The summed E-state index contributed by atoms with van der Waals surface area (Å²) in [6.07, 6.45) is 0. The Morgan fingerprint density at radius 2 is 1.84 bits per heavy atom. The second-order valence-electron chi connectivity index (χ2n) is 3.40. The third-order valence-corrected chi connectivity index (χ3v) is 1.89. The topological polar surface area (TPSA) is 134 Å². The van der Waals surface area contributed by atoms with Crippen LogP contribution in [0.25, 0.3) is 0 Å². The fourth-order valence-corrected chi connectivity index (χ4v) is 1.11. The maximum absolute atomic E-state index is 11.2. The maximum Gasteiger partial charge on any atom is 0.344 e. The number of nitrogens with one attached hydrogen (secondary N) is 1. The summed E-state index contributed by atoms with van der Waals surface area (Å²) in [6, 6.07) is 5.59. The van der Waals surface area contributed by atoms with Gasteiger partial charge in [0, 0.05) is 0 Å². The molecule has 1 rings (SSSR count). The number of nitrogens with two attached hydrogens (primary N) is 2. The molecule has 0 spiro atoms. The molecule has 0 saturated heterocycles. The van der Waals surface area contributed by atoms with E-state index < -0.39 is 31.1 Å². The van der Waals surface area contributed by atoms with Crippen LogP contribution in [0, 0.1) is 0 Å². The van der Waals surface area contributed by atoms with Gasteiger partial charge in [-0.25, -0.2) is 9.59 Å². The number of esters is 1. The lowest BCUT2D eigenvalue weighted by molar-refractivity contribution is -0.150. The molecule has 102 valence electrons. The highest BCUT2D eigenvalue weighted by Crippen LogP contribution is 2.19. The fourth-order valence-electron chi connectivity index (χ4n) is 1.11. The van der Waals surface area contributed by atoms with Gasteiger partial charge in [-0.15, -0.1) is 0 Å². The molecule has 0 aliphatic carbocycles. The van der Waals surface area contributed by atoms with E-state index in [9.17, 15) is 14.4 Å². The number of hydrogen-bond donors (Lipinski definition) is 3. The van der Waals surface area contributed by atoms with Crippen LogP contribution in [0.3, 0.4) is 0 Å². The van der Waals surface area contributed by atoms with Crippen LogP contribution in [-0.4, -0.2) is 31.1 Å². The summed E-state index contributed by atoms with van der Waals surface area (Å²) >= 11 is 0. The van der Waals surface area contributed by atoms with Gasteiger partial charge in [0.2, 0.25) is 0 Å². The average Bonchev–Trinajstić information content (AvgIpc) is 2.34. The van der Waals surface area contributed by atoms with E-state index in [4.69, 9.17) is 16.2 Å². The van der Waals surface area contributed by atoms with Gasteiger partial charge in [-0.3, -0.25) is 10.1 Å². The fraction of sp³-hybridized carbons (Fsp3) is 0.182. The molecule has 8 nitrogen and oxygen atoms in total. The van der Waals surface area contributed by atoms with Crippen molar-refractivity contribution >= 4 is 23.6 Å². The van der Waals surface area contributed by atoms with Crippen LogP contribution in [0.15, 0.2) is 24.3 Å². The Kier molecular flexibility index (Phi) is 5.15. The molecule has 0 heterocycles. The Labute approximate surface area is 108 Å². The molecule has 0 aliphatic rings. The van der Waals surface area contributed by atoms with Crippen LogP contribution < -0.4 is 21.5 Å². The van der Waals surface area contributed by atoms with E-state index in [1.54, 1.807) is 29.6 Å². The first-order valence-corrected chi connectivity index (χ1v) is 5.21. The predicted octanol–water partition coefficient (Wildman–Crippen LogP) is -0.614. The molecule has 0 fully saturated rings. The van der Waals surface area contributed by atoms with Gasteiger partial charge in [0.25, 0.3) is 5.91 Å². The number of nitrogen functional groups attached to an aromatic ring is 1. The lowest BCUT2D eigenvalue weighted by Gasteiger charge is -2.08. The Hall–Kier alpha value is -2.77. The highest BCUT2D eigenvalue weighted by Gasteiger charge is 2.10. The van der Waals surface area contributed by atoms with Gasteiger partial charge in [-0.2, -0.15) is 0 Å². The van der Waals surface area contributed by atoms with Crippen molar-refractivity contribution in [2.24, 2.45) is 5.73 Å². The zero-order valence-electron chi connectivity index (χ0n) is 9.92. The minimum atomic E-state index is -1.02. The summed E-state index contributed by atoms with van der Waals surface area (Å²) in [5.74, 6) is -1.26. The molecule has 1 aromatic rings. The highest BCUT2D eigenvalue weighted by molar-refractivity contribution is 5.94. The minimum absolute atomic E-state index is 0.334. The van der Waals surface area contributed by atoms with Gasteiger partial charge in [0.15, 0.2) is 13.2 Å². The quantitative estimate of drug-likeness (QED) is 0.481. The number of amides is 3. The molecule has 0 unspecified atom stereocenters. The van der Waals surface area contributed by atoms with E-state index in [0.29, 0.717) is 11.4 Å². The number of rotatable bonds is 5. The minimum Gasteiger partial charge on any atom is -0.480 e. The second kappa shape index (κ2) is 6.84. The molecule has 0 saturated carbocycles. The van der Waals surface area contributed by atoms with Gasteiger partial charge < -0.3 is 20.9 Å². The van der Waals surface area contributed by atoms with Crippen molar-refractivity contribution in [3.63, 3.8) is 0 Å². The third kappa shape index (κ3) is 5.39. The molecule has 0 bridgehead atoms. The zero-order chi connectivity index (χ0) is 14.3. The SMILES string of the molecule is NC(=O)NC(=O)COC(=O)COc1ccccc1N. The summed E-state index contributed by atoms with van der Waals surface area (Å²) in [5, 5.41) is 1.74. The van der Waals surface area contributed by atoms with Crippen molar-refractivity contribution in [3.8, 4) is 5.75 Å². The number of benzene rings is 1. The number of primary amides is 1. The Bertz CT molecular complexity index is 489. The molecular weight excluding hydrogens is 254 g/mol. The second-order valence-corrected chi connectivity index (χ2v) is 3.40. The van der Waals surface area contributed by atoms with E-state index in [2.05, 4.69) is 4.74 Å². The molecule has 0 aliphatic heterocycles. The van der Waals surface area contributed by atoms with Crippen molar-refractivity contribution < 1.29 is 23.9 Å². The number of ether oxygens (including phenoxy) is 2. The molecule has 19 heavy (non-hydrogen) atoms. The van der Waals surface area contributed by atoms with Crippen LogP contribution in [0.2, 0.25) is 0 Å². The smallest absolute Gasteiger partial charge is 0.344 e. The number of carbonyl (C=O) groups excluding carboxylic acids is 3. The van der Waals surface area contributed by atoms with Crippen molar-refractivity contribution in [2.45, 2.75) is 0 Å². The zero-order valence-corrected chi connectivity index (χ0v) is 9.92. The Morgan fingerprint density at radius 3 is 2.47 bits per heavy atom. The van der Waals surface area contributed by atoms with Crippen LogP contribution in [-0.2, 0) is 14.3 Å². The van der Waals surface area contributed by atoms with Crippen LogP contribution in [0.1, 0.15) is 0 Å². The van der Waals surface area contributed by atoms with Gasteiger partial charge >= 0.3 is 12.0 Å². The number of imide groups is 1. The standard InChI is InChI=1S/C11H13N3O5/c12-7-3-1-2-4-8(7)18-6-10(16)19-5-9(15)14-11(13)17/h1-4H,5-6,12H2,(H3,13,14,15,17). The van der Waals surface area contributed by atoms with Gasteiger partial charge in [-0.05, 0) is 12.1 Å². The van der Waals surface area contributed by atoms with Crippen molar-refractivity contribution in [1.29, 1.82) is 0 Å². The summed E-state index contributed by atoms with van der Waals surface area (Å²) in [6.45, 7) is -1.02. The maximum atomic E-state index is 11.2. The molecule has 0 atom stereocenters. The van der Waals surface area contributed by atoms with Crippen molar-refractivity contribution in [3.05, 3.63) is 24.3 Å². The normalized spacial score (nSPS) is 9.47. The van der Waals surface area contributed by atoms with Gasteiger partial charge in [0.1, 0.15) is 5.75 Å². The molecule has 3 amide bonds.